The van der Waals surface area contributed by atoms with Gasteiger partial charge in [0, 0.05) is 36.1 Å². The molecule has 1 N–H and O–H groups in total. The normalized spacial score (nSPS) is 34.9. The van der Waals surface area contributed by atoms with Crippen molar-refractivity contribution >= 4 is 35.2 Å². The van der Waals surface area contributed by atoms with E-state index >= 15 is 0 Å². The van der Waals surface area contributed by atoms with Gasteiger partial charge < -0.3 is 19.8 Å². The van der Waals surface area contributed by atoms with Crippen LogP contribution in [0.25, 0.3) is 0 Å². The average molecular weight is 482 g/mol. The molecule has 180 valence electrons. The molecule has 1 aromatic carbocycles. The number of amides is 3. The predicted octanol–water partition coefficient (Wildman–Crippen LogP) is 2.08. The summed E-state index contributed by atoms with van der Waals surface area (Å²) in [5.74, 6) is -1.75. The van der Waals surface area contributed by atoms with E-state index < -0.39 is 27.4 Å². The molecule has 1 spiro atoms. The van der Waals surface area contributed by atoms with Crippen molar-refractivity contribution in [2.24, 2.45) is 11.8 Å². The van der Waals surface area contributed by atoms with Gasteiger partial charge in [0.05, 0.1) is 23.2 Å². The molecule has 5 atom stereocenters. The molecular weight excluding hydrogens is 450 g/mol. The molecule has 0 saturated carbocycles. The Kier molecular flexibility index (Phi) is 5.64. The number of carbonyl (C=O) groups is 3. The van der Waals surface area contributed by atoms with Gasteiger partial charge in [-0.25, -0.2) is 0 Å². The van der Waals surface area contributed by atoms with E-state index in [0.717, 1.165) is 5.69 Å². The molecule has 0 aromatic heterocycles. The number of aliphatic hydroxyl groups is 1. The number of benzene rings is 1. The van der Waals surface area contributed by atoms with E-state index in [0.29, 0.717) is 13.1 Å². The van der Waals surface area contributed by atoms with Crippen LogP contribution >= 0.6 is 11.8 Å². The maximum absolute atomic E-state index is 14.1. The summed E-state index contributed by atoms with van der Waals surface area (Å²) in [4.78, 5) is 47.0. The highest BCUT2D eigenvalue weighted by Crippen LogP contribution is 2.65. The second-order valence-electron chi connectivity index (χ2n) is 9.93. The molecule has 4 heterocycles. The van der Waals surface area contributed by atoms with Crippen molar-refractivity contribution in [3.8, 4) is 0 Å². The van der Waals surface area contributed by atoms with Crippen LogP contribution in [0.3, 0.4) is 0 Å². The van der Waals surface area contributed by atoms with Gasteiger partial charge in [0.25, 0.3) is 0 Å². The second-order valence-corrected chi connectivity index (χ2v) is 11.7. The zero-order valence-corrected chi connectivity index (χ0v) is 20.6. The first-order valence-electron chi connectivity index (χ1n) is 11.9. The molecule has 7 nitrogen and oxygen atoms in total. The van der Waals surface area contributed by atoms with Crippen LogP contribution in [0.5, 0.6) is 0 Å². The summed E-state index contributed by atoms with van der Waals surface area (Å²) in [7, 11) is 0. The summed E-state index contributed by atoms with van der Waals surface area (Å²) in [6.45, 7) is 6.68. The summed E-state index contributed by atoms with van der Waals surface area (Å²) < 4.78 is -1.51. The molecule has 34 heavy (non-hydrogen) atoms. The fourth-order valence-corrected chi connectivity index (χ4v) is 8.35. The van der Waals surface area contributed by atoms with E-state index in [4.69, 9.17) is 0 Å². The first-order chi connectivity index (χ1) is 16.2. The average Bonchev–Trinajstić information content (AvgIpc) is 3.05. The van der Waals surface area contributed by atoms with Crippen molar-refractivity contribution in [3.05, 3.63) is 54.6 Å². The number of hydrogen-bond donors (Lipinski definition) is 1. The van der Waals surface area contributed by atoms with Crippen LogP contribution < -0.4 is 4.90 Å². The van der Waals surface area contributed by atoms with E-state index in [2.05, 4.69) is 6.08 Å². The smallest absolute Gasteiger partial charge is 0.247 e. The second kappa shape index (κ2) is 8.27. The standard InChI is InChI=1S/C26H31N3O4S/c1-17(2)27-13-8-12-26-20(23(32)29(15-16-30)21(26)24(27)33)19-22(31)28(18-9-5-4-6-10-18)14-7-11-25(19,3)34-26/h4-12,17,19-21,30H,13-16H2,1-3H3/t19-,20-,21?,25+,26-/m0/s1. The Balaban J connectivity index is 1.65. The van der Waals surface area contributed by atoms with Crippen molar-refractivity contribution in [3.63, 3.8) is 0 Å². The zero-order chi connectivity index (χ0) is 24.3. The number of β-amino-alcohol motifs (C(OH)–C–C–N with tert-alkyl or cyclic N) is 1. The topological polar surface area (TPSA) is 81.2 Å². The highest BCUT2D eigenvalue weighted by atomic mass is 32.2. The van der Waals surface area contributed by atoms with Gasteiger partial charge in [-0.05, 0) is 32.9 Å². The lowest BCUT2D eigenvalue weighted by Crippen LogP contribution is -2.55. The fraction of sp³-hybridized carbons (Fsp3) is 0.500. The number of likely N-dealkylation sites (tertiary alicyclic amines) is 1. The third-order valence-corrected chi connectivity index (χ3v) is 9.42. The van der Waals surface area contributed by atoms with Gasteiger partial charge >= 0.3 is 0 Å². The first-order valence-corrected chi connectivity index (χ1v) is 12.7. The van der Waals surface area contributed by atoms with Crippen molar-refractivity contribution < 1.29 is 19.5 Å². The number of aliphatic hydroxyl groups excluding tert-OH is 1. The quantitative estimate of drug-likeness (QED) is 0.666. The summed E-state index contributed by atoms with van der Waals surface area (Å²) in [5, 5.41) is 9.77. The lowest BCUT2D eigenvalue weighted by molar-refractivity contribution is -0.144. The fourth-order valence-electron chi connectivity index (χ4n) is 6.19. The van der Waals surface area contributed by atoms with Gasteiger partial charge in [0.15, 0.2) is 0 Å². The number of thioether (sulfide) groups is 1. The van der Waals surface area contributed by atoms with E-state index in [1.54, 1.807) is 21.6 Å². The van der Waals surface area contributed by atoms with Crippen LogP contribution in [0.2, 0.25) is 0 Å². The molecule has 1 aromatic rings. The third kappa shape index (κ3) is 3.18. The van der Waals surface area contributed by atoms with E-state index in [9.17, 15) is 19.5 Å². The number of nitrogens with zero attached hydrogens (tertiary/aromatic N) is 3. The third-order valence-electron chi connectivity index (χ3n) is 7.62. The molecule has 2 saturated heterocycles. The van der Waals surface area contributed by atoms with Gasteiger partial charge in [0.2, 0.25) is 17.7 Å². The van der Waals surface area contributed by atoms with Crippen LogP contribution in [-0.4, -0.2) is 80.4 Å². The highest BCUT2D eigenvalue weighted by Gasteiger charge is 2.73. The number of para-hydroxylation sites is 1. The molecule has 2 fully saturated rings. The molecule has 4 aliphatic rings. The Morgan fingerprint density at radius 2 is 1.71 bits per heavy atom. The molecule has 4 aliphatic heterocycles. The Labute approximate surface area is 204 Å². The predicted molar refractivity (Wildman–Crippen MR) is 132 cm³/mol. The number of anilines is 1. The van der Waals surface area contributed by atoms with Crippen molar-refractivity contribution in [1.82, 2.24) is 9.80 Å². The van der Waals surface area contributed by atoms with E-state index in [1.165, 1.54) is 4.90 Å². The molecule has 0 bridgehead atoms. The first kappa shape index (κ1) is 23.2. The van der Waals surface area contributed by atoms with Crippen LogP contribution in [-0.2, 0) is 14.4 Å². The lowest BCUT2D eigenvalue weighted by atomic mass is 9.74. The van der Waals surface area contributed by atoms with E-state index in [1.807, 2.05) is 69.3 Å². The van der Waals surface area contributed by atoms with Crippen LogP contribution in [0.1, 0.15) is 20.8 Å². The van der Waals surface area contributed by atoms with Gasteiger partial charge in [-0.15, -0.1) is 11.8 Å². The number of hydrogen-bond acceptors (Lipinski definition) is 5. The molecular formula is C26H31N3O4S. The minimum atomic E-state index is -0.869. The molecule has 8 heteroatoms. The zero-order valence-electron chi connectivity index (χ0n) is 19.8. The molecule has 5 rings (SSSR count). The van der Waals surface area contributed by atoms with Crippen LogP contribution in [0.4, 0.5) is 5.69 Å². The number of fused-ring (bicyclic) bond motifs is 2. The number of carbonyl (C=O) groups excluding carboxylic acids is 3. The molecule has 3 amide bonds. The minimum Gasteiger partial charge on any atom is -0.395 e. The van der Waals surface area contributed by atoms with Gasteiger partial charge in [0.1, 0.15) is 6.04 Å². The molecule has 0 aliphatic carbocycles. The molecule has 0 radical (unpaired) electrons. The van der Waals surface area contributed by atoms with Crippen LogP contribution in [0, 0.1) is 11.8 Å². The Morgan fingerprint density at radius 1 is 1.00 bits per heavy atom. The summed E-state index contributed by atoms with van der Waals surface area (Å²) in [6, 6.07) is 8.73. The summed E-state index contributed by atoms with van der Waals surface area (Å²) in [5.41, 5.74) is 0.792. The Hall–Kier alpha value is -2.58. The largest absolute Gasteiger partial charge is 0.395 e. The maximum atomic E-state index is 14.1. The highest BCUT2D eigenvalue weighted by molar-refractivity contribution is 8.02. The van der Waals surface area contributed by atoms with Crippen molar-refractivity contribution in [2.75, 3.05) is 31.1 Å². The minimum absolute atomic E-state index is 0.0278. The van der Waals surface area contributed by atoms with E-state index in [-0.39, 0.29) is 36.9 Å². The van der Waals surface area contributed by atoms with Crippen molar-refractivity contribution in [2.45, 2.75) is 42.3 Å². The Morgan fingerprint density at radius 3 is 2.38 bits per heavy atom. The van der Waals surface area contributed by atoms with Gasteiger partial charge in [-0.1, -0.05) is 42.5 Å². The summed E-state index contributed by atoms with van der Waals surface area (Å²) in [6.07, 6.45) is 8.05. The summed E-state index contributed by atoms with van der Waals surface area (Å²) >= 11 is 1.56. The number of rotatable bonds is 4. The SMILES string of the molecule is CC(C)N1CC=C[C@]23S[C@]4(C)C=CCN(c5ccccc5)C(=O)[C@@H]4[C@H]2C(=O)N(CCO)C3C1=O. The Bertz CT molecular complexity index is 1070. The van der Waals surface area contributed by atoms with Crippen molar-refractivity contribution in [1.29, 1.82) is 0 Å². The van der Waals surface area contributed by atoms with Gasteiger partial charge in [-0.2, -0.15) is 0 Å². The lowest BCUT2D eigenvalue weighted by Gasteiger charge is -2.37. The monoisotopic (exact) mass is 481 g/mol. The maximum Gasteiger partial charge on any atom is 0.247 e. The van der Waals surface area contributed by atoms with Crippen LogP contribution in [0.15, 0.2) is 54.6 Å². The van der Waals surface area contributed by atoms with Gasteiger partial charge in [-0.3, -0.25) is 14.4 Å². The molecule has 1 unspecified atom stereocenters.